The zero-order chi connectivity index (χ0) is 23.0. The molecule has 0 amide bonds. The molecule has 0 bridgehead atoms. The highest BCUT2D eigenvalue weighted by Gasteiger charge is 2.15. The first-order valence-electron chi connectivity index (χ1n) is 9.64. The molecule has 0 fully saturated rings. The second-order valence-corrected chi connectivity index (χ2v) is 8.36. The summed E-state index contributed by atoms with van der Waals surface area (Å²) in [6, 6.07) is 13.6. The molecule has 3 N–H and O–H groups in total. The molecule has 0 aliphatic carbocycles. The predicted octanol–water partition coefficient (Wildman–Crippen LogP) is 2.91. The van der Waals surface area contributed by atoms with E-state index in [0.29, 0.717) is 36.3 Å². The SMILES string of the molecule is CNS(=O)(=O)c1ccc(OC)c(Nc2cc(Nc3ccc(OCCOC)cc3)ncn2)c1. The van der Waals surface area contributed by atoms with Gasteiger partial charge in [0.1, 0.15) is 36.1 Å². The van der Waals surface area contributed by atoms with E-state index in [1.165, 1.54) is 32.6 Å². The van der Waals surface area contributed by atoms with Gasteiger partial charge in [-0.05, 0) is 49.5 Å². The van der Waals surface area contributed by atoms with Gasteiger partial charge in [0, 0.05) is 18.9 Å². The molecule has 2 aromatic carbocycles. The van der Waals surface area contributed by atoms with Crippen LogP contribution in [0.3, 0.4) is 0 Å². The Hall–Kier alpha value is -3.41. The number of aromatic nitrogens is 2. The van der Waals surface area contributed by atoms with E-state index in [0.717, 1.165) is 11.4 Å². The fourth-order valence-electron chi connectivity index (χ4n) is 2.73. The maximum absolute atomic E-state index is 12.1. The zero-order valence-corrected chi connectivity index (χ0v) is 18.8. The van der Waals surface area contributed by atoms with Crippen molar-refractivity contribution in [2.75, 3.05) is 45.1 Å². The third kappa shape index (κ3) is 6.06. The minimum atomic E-state index is -3.61. The van der Waals surface area contributed by atoms with Crippen LogP contribution in [0.25, 0.3) is 0 Å². The summed E-state index contributed by atoms with van der Waals surface area (Å²) in [5.41, 5.74) is 1.26. The minimum absolute atomic E-state index is 0.100. The van der Waals surface area contributed by atoms with E-state index in [9.17, 15) is 8.42 Å². The van der Waals surface area contributed by atoms with Gasteiger partial charge in [-0.2, -0.15) is 0 Å². The first kappa shape index (κ1) is 23.3. The third-order valence-electron chi connectivity index (χ3n) is 4.36. The van der Waals surface area contributed by atoms with Crippen molar-refractivity contribution in [1.82, 2.24) is 14.7 Å². The summed E-state index contributed by atoms with van der Waals surface area (Å²) in [4.78, 5) is 8.53. The number of nitrogens with one attached hydrogen (secondary N) is 3. The number of methoxy groups -OCH3 is 2. The fraction of sp³-hybridized carbons (Fsp3) is 0.238. The van der Waals surface area contributed by atoms with Gasteiger partial charge in [0.2, 0.25) is 10.0 Å². The number of hydrogen-bond acceptors (Lipinski definition) is 9. The van der Waals surface area contributed by atoms with E-state index in [1.54, 1.807) is 19.2 Å². The summed E-state index contributed by atoms with van der Waals surface area (Å²) >= 11 is 0. The Morgan fingerprint density at radius 1 is 0.906 bits per heavy atom. The molecule has 32 heavy (non-hydrogen) atoms. The van der Waals surface area contributed by atoms with Gasteiger partial charge >= 0.3 is 0 Å². The van der Waals surface area contributed by atoms with Crippen LogP contribution in [-0.2, 0) is 14.8 Å². The minimum Gasteiger partial charge on any atom is -0.495 e. The molecule has 1 aromatic heterocycles. The second kappa shape index (κ2) is 10.8. The van der Waals surface area contributed by atoms with E-state index < -0.39 is 10.0 Å². The molecule has 3 rings (SSSR count). The lowest BCUT2D eigenvalue weighted by Gasteiger charge is -2.13. The molecule has 1 heterocycles. The lowest BCUT2D eigenvalue weighted by atomic mass is 10.3. The van der Waals surface area contributed by atoms with Gasteiger partial charge in [0.25, 0.3) is 0 Å². The van der Waals surface area contributed by atoms with Crippen LogP contribution in [0.4, 0.5) is 23.0 Å². The Morgan fingerprint density at radius 2 is 1.62 bits per heavy atom. The molecule has 170 valence electrons. The molecular weight excluding hydrogens is 434 g/mol. The Bertz CT molecular complexity index is 1140. The van der Waals surface area contributed by atoms with Gasteiger partial charge < -0.3 is 24.8 Å². The van der Waals surface area contributed by atoms with E-state index >= 15 is 0 Å². The molecule has 0 atom stereocenters. The lowest BCUT2D eigenvalue weighted by Crippen LogP contribution is -2.18. The monoisotopic (exact) mass is 459 g/mol. The van der Waals surface area contributed by atoms with Gasteiger partial charge in [-0.1, -0.05) is 0 Å². The molecule has 0 saturated heterocycles. The first-order chi connectivity index (χ1) is 15.4. The van der Waals surface area contributed by atoms with Crippen molar-refractivity contribution in [3.05, 3.63) is 54.9 Å². The smallest absolute Gasteiger partial charge is 0.240 e. The zero-order valence-electron chi connectivity index (χ0n) is 18.0. The summed E-state index contributed by atoms with van der Waals surface area (Å²) in [6.07, 6.45) is 1.40. The van der Waals surface area contributed by atoms with Crippen molar-refractivity contribution in [2.45, 2.75) is 4.90 Å². The van der Waals surface area contributed by atoms with Crippen LogP contribution in [0.1, 0.15) is 0 Å². The topological polar surface area (TPSA) is 124 Å². The third-order valence-corrected chi connectivity index (χ3v) is 5.77. The largest absolute Gasteiger partial charge is 0.495 e. The number of hydrogen-bond donors (Lipinski definition) is 3. The summed E-state index contributed by atoms with van der Waals surface area (Å²) in [6.45, 7) is 0.996. The molecule has 0 aliphatic rings. The van der Waals surface area contributed by atoms with Crippen molar-refractivity contribution < 1.29 is 22.6 Å². The Labute approximate surface area is 187 Å². The molecule has 0 spiro atoms. The maximum atomic E-state index is 12.1. The Morgan fingerprint density at radius 3 is 2.28 bits per heavy atom. The van der Waals surface area contributed by atoms with Crippen LogP contribution >= 0.6 is 0 Å². The normalized spacial score (nSPS) is 11.1. The van der Waals surface area contributed by atoms with Crippen LogP contribution in [-0.4, -0.2) is 52.9 Å². The van der Waals surface area contributed by atoms with Gasteiger partial charge in [0.15, 0.2) is 0 Å². The highest BCUT2D eigenvalue weighted by Crippen LogP contribution is 2.30. The molecule has 3 aromatic rings. The molecule has 0 saturated carbocycles. The quantitative estimate of drug-likeness (QED) is 0.371. The standard InChI is InChI=1S/C21H25N5O5S/c1-22-32(27,28)17-8-9-19(30-3)18(12-17)26-21-13-20(23-14-24-21)25-15-4-6-16(7-5-15)31-11-10-29-2/h4-9,12-14,22H,10-11H2,1-3H3,(H2,23,24,25,26). The van der Waals surface area contributed by atoms with Crippen LogP contribution in [0.5, 0.6) is 11.5 Å². The number of nitrogens with zero attached hydrogens (tertiary/aromatic N) is 2. The summed E-state index contributed by atoms with van der Waals surface area (Å²) < 4.78 is 42.4. The fourth-order valence-corrected chi connectivity index (χ4v) is 3.48. The molecule has 0 unspecified atom stereocenters. The maximum Gasteiger partial charge on any atom is 0.240 e. The van der Waals surface area contributed by atoms with Gasteiger partial charge in [-0.25, -0.2) is 23.1 Å². The number of rotatable bonds is 11. The summed E-state index contributed by atoms with van der Waals surface area (Å²) in [7, 11) is 0.874. The van der Waals surface area contributed by atoms with Crippen molar-refractivity contribution >= 4 is 33.0 Å². The van der Waals surface area contributed by atoms with E-state index in [-0.39, 0.29) is 4.90 Å². The molecule has 10 nitrogen and oxygen atoms in total. The van der Waals surface area contributed by atoms with Crippen LogP contribution in [0, 0.1) is 0 Å². The Kier molecular flexibility index (Phi) is 7.82. The highest BCUT2D eigenvalue weighted by atomic mass is 32.2. The number of sulfonamides is 1. The summed E-state index contributed by atoms with van der Waals surface area (Å²) in [5, 5.41) is 6.27. The van der Waals surface area contributed by atoms with Gasteiger partial charge in [0.05, 0.1) is 24.3 Å². The van der Waals surface area contributed by atoms with Crippen molar-refractivity contribution in [1.29, 1.82) is 0 Å². The number of anilines is 4. The van der Waals surface area contributed by atoms with Gasteiger partial charge in [-0.3, -0.25) is 0 Å². The van der Waals surface area contributed by atoms with E-state index in [4.69, 9.17) is 14.2 Å². The number of benzene rings is 2. The Balaban J connectivity index is 1.75. The average Bonchev–Trinajstić information content (AvgIpc) is 2.80. The molecular formula is C21H25N5O5S. The first-order valence-corrected chi connectivity index (χ1v) is 11.1. The van der Waals surface area contributed by atoms with Gasteiger partial charge in [-0.15, -0.1) is 0 Å². The van der Waals surface area contributed by atoms with E-state index in [1.807, 2.05) is 24.3 Å². The second-order valence-electron chi connectivity index (χ2n) is 6.47. The average molecular weight is 460 g/mol. The lowest BCUT2D eigenvalue weighted by molar-refractivity contribution is 0.146. The van der Waals surface area contributed by atoms with Crippen molar-refractivity contribution in [3.8, 4) is 11.5 Å². The predicted molar refractivity (Wildman–Crippen MR) is 122 cm³/mol. The van der Waals surface area contributed by atoms with Crippen LogP contribution in [0.2, 0.25) is 0 Å². The van der Waals surface area contributed by atoms with E-state index in [2.05, 4.69) is 25.3 Å². The van der Waals surface area contributed by atoms with Crippen molar-refractivity contribution in [3.63, 3.8) is 0 Å². The highest BCUT2D eigenvalue weighted by molar-refractivity contribution is 7.89. The molecule has 0 radical (unpaired) electrons. The number of ether oxygens (including phenoxy) is 3. The molecule has 0 aliphatic heterocycles. The summed E-state index contributed by atoms with van der Waals surface area (Å²) in [5.74, 6) is 2.21. The van der Waals surface area contributed by atoms with Crippen LogP contribution in [0.15, 0.2) is 59.8 Å². The van der Waals surface area contributed by atoms with Crippen LogP contribution < -0.4 is 24.8 Å². The van der Waals surface area contributed by atoms with Crippen molar-refractivity contribution in [2.24, 2.45) is 0 Å². The molecule has 11 heteroatoms.